The molecule has 2 heterocycles. The van der Waals surface area contributed by atoms with E-state index in [4.69, 9.17) is 11.5 Å². The molecule has 0 amide bonds. The average molecular weight is 317 g/mol. The van der Waals surface area contributed by atoms with E-state index in [-0.39, 0.29) is 5.95 Å². The molecule has 0 unspecified atom stereocenters. The molecule has 4 aromatic rings. The summed E-state index contributed by atoms with van der Waals surface area (Å²) in [6.45, 7) is 4.26. The van der Waals surface area contributed by atoms with Crippen molar-refractivity contribution in [3.05, 3.63) is 47.7 Å². The van der Waals surface area contributed by atoms with E-state index in [1.165, 1.54) is 16.7 Å². The van der Waals surface area contributed by atoms with Crippen molar-refractivity contribution in [3.63, 3.8) is 0 Å². The number of aryl methyl sites for hydroxylation is 3. The maximum absolute atomic E-state index is 6.14. The molecule has 0 radical (unpaired) electrons. The Balaban J connectivity index is 2.25. The van der Waals surface area contributed by atoms with Gasteiger partial charge in [-0.15, -0.1) is 0 Å². The van der Waals surface area contributed by atoms with Crippen molar-refractivity contribution in [1.29, 1.82) is 0 Å². The van der Waals surface area contributed by atoms with Crippen LogP contribution in [0.25, 0.3) is 32.9 Å². The molecule has 5 heteroatoms. The van der Waals surface area contributed by atoms with Gasteiger partial charge >= 0.3 is 0 Å². The molecule has 0 fully saturated rings. The van der Waals surface area contributed by atoms with Gasteiger partial charge in [-0.1, -0.05) is 18.2 Å². The lowest BCUT2D eigenvalue weighted by atomic mass is 9.93. The molecule has 2 aromatic heterocycles. The molecule has 0 saturated carbocycles. The number of hydrogen-bond acceptors (Lipinski definition) is 4. The van der Waals surface area contributed by atoms with Crippen LogP contribution in [0.5, 0.6) is 0 Å². The number of hydrogen-bond donors (Lipinski definition) is 2. The normalized spacial score (nSPS) is 11.5. The van der Waals surface area contributed by atoms with Gasteiger partial charge in [0.1, 0.15) is 5.82 Å². The Morgan fingerprint density at radius 1 is 1.00 bits per heavy atom. The third-order valence-electron chi connectivity index (χ3n) is 4.61. The minimum absolute atomic E-state index is 0.197. The zero-order chi connectivity index (χ0) is 17.0. The number of nitrogens with two attached hydrogens (primary N) is 2. The summed E-state index contributed by atoms with van der Waals surface area (Å²) in [4.78, 5) is 8.55. The minimum atomic E-state index is 0.197. The molecule has 4 rings (SSSR count). The van der Waals surface area contributed by atoms with Crippen LogP contribution < -0.4 is 11.5 Å². The molecule has 0 saturated heterocycles. The third-order valence-corrected chi connectivity index (χ3v) is 4.61. The lowest BCUT2D eigenvalue weighted by molar-refractivity contribution is 0.970. The number of nitrogen functional groups attached to an aromatic ring is 2. The summed E-state index contributed by atoms with van der Waals surface area (Å²) in [5, 5.41) is 1.90. The van der Waals surface area contributed by atoms with Gasteiger partial charge in [0.2, 0.25) is 5.95 Å². The zero-order valence-corrected chi connectivity index (χ0v) is 14.0. The van der Waals surface area contributed by atoms with Gasteiger partial charge in [-0.05, 0) is 42.7 Å². The van der Waals surface area contributed by atoms with Crippen LogP contribution in [-0.2, 0) is 7.05 Å². The van der Waals surface area contributed by atoms with E-state index in [1.807, 2.05) is 13.2 Å². The molecule has 24 heavy (non-hydrogen) atoms. The monoisotopic (exact) mass is 317 g/mol. The first kappa shape index (κ1) is 14.5. The number of anilines is 2. The lowest BCUT2D eigenvalue weighted by Crippen LogP contribution is -2.02. The first-order valence-electron chi connectivity index (χ1n) is 7.84. The van der Waals surface area contributed by atoms with Crippen molar-refractivity contribution in [2.75, 3.05) is 11.5 Å². The lowest BCUT2D eigenvalue weighted by Gasteiger charge is -2.15. The predicted molar refractivity (Wildman–Crippen MR) is 99.7 cm³/mol. The Morgan fingerprint density at radius 3 is 2.42 bits per heavy atom. The summed E-state index contributed by atoms with van der Waals surface area (Å²) in [5.41, 5.74) is 18.7. The van der Waals surface area contributed by atoms with Crippen LogP contribution >= 0.6 is 0 Å². The fraction of sp³-hybridized carbons (Fsp3) is 0.158. The minimum Gasteiger partial charge on any atom is -0.383 e. The molecule has 2 aromatic carbocycles. The highest BCUT2D eigenvalue weighted by molar-refractivity contribution is 6.15. The Bertz CT molecular complexity index is 1090. The van der Waals surface area contributed by atoms with Crippen molar-refractivity contribution in [2.24, 2.45) is 7.05 Å². The molecule has 5 nitrogen and oxygen atoms in total. The maximum atomic E-state index is 6.14. The Hall–Kier alpha value is -3.08. The second-order valence-electron chi connectivity index (χ2n) is 6.24. The van der Waals surface area contributed by atoms with Crippen LogP contribution in [0.3, 0.4) is 0 Å². The van der Waals surface area contributed by atoms with Gasteiger partial charge in [-0.3, -0.25) is 0 Å². The number of fused-ring (bicyclic) bond motifs is 3. The van der Waals surface area contributed by atoms with E-state index in [9.17, 15) is 0 Å². The van der Waals surface area contributed by atoms with Gasteiger partial charge in [-0.25, -0.2) is 4.98 Å². The second kappa shape index (κ2) is 4.96. The van der Waals surface area contributed by atoms with E-state index in [1.54, 1.807) is 0 Å². The van der Waals surface area contributed by atoms with Crippen LogP contribution in [0.2, 0.25) is 0 Å². The summed E-state index contributed by atoms with van der Waals surface area (Å²) >= 11 is 0. The van der Waals surface area contributed by atoms with Crippen molar-refractivity contribution < 1.29 is 0 Å². The highest BCUT2D eigenvalue weighted by Crippen LogP contribution is 2.39. The molecule has 0 aliphatic rings. The summed E-state index contributed by atoms with van der Waals surface area (Å²) in [6, 6.07) is 10.5. The van der Waals surface area contributed by atoms with Crippen molar-refractivity contribution in [2.45, 2.75) is 13.8 Å². The molecule has 120 valence electrons. The topological polar surface area (TPSA) is 82.8 Å². The van der Waals surface area contributed by atoms with E-state index in [0.29, 0.717) is 5.82 Å². The Morgan fingerprint density at radius 2 is 1.71 bits per heavy atom. The summed E-state index contributed by atoms with van der Waals surface area (Å²) in [7, 11) is 2.04. The molecule has 0 atom stereocenters. The van der Waals surface area contributed by atoms with Crippen LogP contribution in [-0.4, -0.2) is 14.5 Å². The van der Waals surface area contributed by atoms with Gasteiger partial charge in [0, 0.05) is 24.2 Å². The summed E-state index contributed by atoms with van der Waals surface area (Å²) < 4.78 is 2.12. The third kappa shape index (κ3) is 1.94. The van der Waals surface area contributed by atoms with Crippen LogP contribution in [0.1, 0.15) is 11.1 Å². The molecule has 0 aliphatic carbocycles. The van der Waals surface area contributed by atoms with Gasteiger partial charge in [0.25, 0.3) is 0 Å². The second-order valence-corrected chi connectivity index (χ2v) is 6.24. The highest BCUT2D eigenvalue weighted by atomic mass is 15.0. The maximum Gasteiger partial charge on any atom is 0.222 e. The highest BCUT2D eigenvalue weighted by Gasteiger charge is 2.17. The summed E-state index contributed by atoms with van der Waals surface area (Å²) in [5.74, 6) is 0.615. The van der Waals surface area contributed by atoms with Gasteiger partial charge in [0.15, 0.2) is 0 Å². The number of aromatic nitrogens is 3. The van der Waals surface area contributed by atoms with Crippen molar-refractivity contribution >= 4 is 33.6 Å². The quantitative estimate of drug-likeness (QED) is 0.562. The van der Waals surface area contributed by atoms with Gasteiger partial charge in [0.05, 0.1) is 16.4 Å². The molecular weight excluding hydrogens is 298 g/mol. The number of nitrogens with zero attached hydrogens (tertiary/aromatic N) is 3. The largest absolute Gasteiger partial charge is 0.383 e. The first-order valence-corrected chi connectivity index (χ1v) is 7.84. The standard InChI is InChI=1S/C19H19N5/c1-10-5-4-6-11(2)15(10)13-9-14-16(18(20)23-19(21)22-14)12-7-8-24(3)17(12)13/h4-9H,1-3H3,(H4,20,21,22,23). The fourth-order valence-electron chi connectivity index (χ4n) is 3.60. The van der Waals surface area contributed by atoms with Gasteiger partial charge < -0.3 is 16.0 Å². The van der Waals surface area contributed by atoms with Crippen molar-refractivity contribution in [3.8, 4) is 11.1 Å². The molecule has 0 bridgehead atoms. The van der Waals surface area contributed by atoms with Crippen LogP contribution in [0, 0.1) is 13.8 Å². The van der Waals surface area contributed by atoms with E-state index >= 15 is 0 Å². The van der Waals surface area contributed by atoms with Gasteiger partial charge in [-0.2, -0.15) is 4.98 Å². The molecule has 0 aliphatic heterocycles. The van der Waals surface area contributed by atoms with Crippen LogP contribution in [0.4, 0.5) is 11.8 Å². The Kier molecular flexibility index (Phi) is 3.00. The fourth-order valence-corrected chi connectivity index (χ4v) is 3.60. The van der Waals surface area contributed by atoms with E-state index in [2.05, 4.69) is 58.7 Å². The zero-order valence-electron chi connectivity index (χ0n) is 14.0. The summed E-state index contributed by atoms with van der Waals surface area (Å²) in [6.07, 6.45) is 2.04. The molecular formula is C19H19N5. The SMILES string of the molecule is Cc1cccc(C)c1-c1cc2nc(N)nc(N)c2c2ccn(C)c12. The first-order chi connectivity index (χ1) is 11.5. The Labute approximate surface area is 139 Å². The number of rotatable bonds is 1. The smallest absolute Gasteiger partial charge is 0.222 e. The van der Waals surface area contributed by atoms with E-state index < -0.39 is 0 Å². The molecule has 4 N–H and O–H groups in total. The van der Waals surface area contributed by atoms with Crippen LogP contribution in [0.15, 0.2) is 36.5 Å². The predicted octanol–water partition coefficient (Wildman–Crippen LogP) is 3.57. The van der Waals surface area contributed by atoms with E-state index in [0.717, 1.165) is 27.4 Å². The van der Waals surface area contributed by atoms with Crippen molar-refractivity contribution in [1.82, 2.24) is 14.5 Å². The molecule has 0 spiro atoms. The average Bonchev–Trinajstić information content (AvgIpc) is 2.88. The number of benzene rings is 2.